The van der Waals surface area contributed by atoms with Gasteiger partial charge in [-0.1, -0.05) is 0 Å². The Hall–Kier alpha value is -2.11. The Morgan fingerprint density at radius 1 is 1.50 bits per heavy atom. The van der Waals surface area contributed by atoms with Crippen LogP contribution < -0.4 is 5.32 Å². The monoisotopic (exact) mass is 247 g/mol. The second-order valence-electron chi connectivity index (χ2n) is 4.45. The number of nitrogens with zero attached hydrogens (tertiary/aromatic N) is 4. The molecule has 2 aromatic rings. The van der Waals surface area contributed by atoms with Crippen LogP contribution in [0, 0.1) is 6.92 Å². The molecule has 0 bridgehead atoms. The molecule has 96 valence electrons. The standard InChI is InChI=1S/C12H17N5O/c1-9-4-15-17(7-9)10(2)5-14-12(18)11-6-13-8-16(11)3/h4,6-8,10H,5H2,1-3H3,(H,14,18)/t10-/m0/s1. The minimum absolute atomic E-state index is 0.120. The lowest BCUT2D eigenvalue weighted by Gasteiger charge is -2.13. The number of hydrogen-bond donors (Lipinski definition) is 1. The van der Waals surface area contributed by atoms with Crippen LogP contribution in [0.3, 0.4) is 0 Å². The van der Waals surface area contributed by atoms with E-state index in [4.69, 9.17) is 0 Å². The van der Waals surface area contributed by atoms with Crippen LogP contribution in [-0.2, 0) is 7.05 Å². The summed E-state index contributed by atoms with van der Waals surface area (Å²) in [6, 6.07) is 0.121. The van der Waals surface area contributed by atoms with Crippen molar-refractivity contribution in [3.05, 3.63) is 36.2 Å². The van der Waals surface area contributed by atoms with Gasteiger partial charge in [-0.25, -0.2) is 4.98 Å². The number of nitrogens with one attached hydrogen (secondary N) is 1. The first-order chi connectivity index (χ1) is 8.58. The molecular weight excluding hydrogens is 230 g/mol. The zero-order valence-electron chi connectivity index (χ0n) is 10.8. The van der Waals surface area contributed by atoms with Gasteiger partial charge in [-0.2, -0.15) is 5.10 Å². The highest BCUT2D eigenvalue weighted by Gasteiger charge is 2.12. The number of carbonyl (C=O) groups excluding carboxylic acids is 1. The molecule has 0 unspecified atom stereocenters. The Morgan fingerprint density at radius 2 is 2.28 bits per heavy atom. The molecule has 1 N–H and O–H groups in total. The summed E-state index contributed by atoms with van der Waals surface area (Å²) in [5.41, 5.74) is 1.67. The van der Waals surface area contributed by atoms with Gasteiger partial charge in [0.2, 0.25) is 0 Å². The Balaban J connectivity index is 1.92. The predicted octanol–water partition coefficient (Wildman–Crippen LogP) is 0.916. The largest absolute Gasteiger partial charge is 0.349 e. The zero-order chi connectivity index (χ0) is 13.1. The molecule has 2 aromatic heterocycles. The fourth-order valence-corrected chi connectivity index (χ4v) is 1.67. The van der Waals surface area contributed by atoms with E-state index in [0.717, 1.165) is 5.56 Å². The maximum atomic E-state index is 11.9. The number of rotatable bonds is 4. The van der Waals surface area contributed by atoms with E-state index in [-0.39, 0.29) is 11.9 Å². The molecule has 6 nitrogen and oxygen atoms in total. The lowest BCUT2D eigenvalue weighted by molar-refractivity contribution is 0.0939. The lowest BCUT2D eigenvalue weighted by atomic mass is 10.3. The average Bonchev–Trinajstić information content (AvgIpc) is 2.94. The molecule has 6 heteroatoms. The average molecular weight is 247 g/mol. The molecule has 0 aliphatic heterocycles. The minimum Gasteiger partial charge on any atom is -0.349 e. The first-order valence-electron chi connectivity index (χ1n) is 5.83. The van der Waals surface area contributed by atoms with Gasteiger partial charge in [-0.05, 0) is 19.4 Å². The summed E-state index contributed by atoms with van der Waals surface area (Å²) in [4.78, 5) is 15.8. The molecule has 0 aliphatic rings. The van der Waals surface area contributed by atoms with Crippen molar-refractivity contribution in [3.8, 4) is 0 Å². The van der Waals surface area contributed by atoms with Crippen molar-refractivity contribution in [1.29, 1.82) is 0 Å². The number of amides is 1. The SMILES string of the molecule is Cc1cnn([C@@H](C)CNC(=O)c2cncn2C)c1. The van der Waals surface area contributed by atoms with Gasteiger partial charge < -0.3 is 9.88 Å². The zero-order valence-corrected chi connectivity index (χ0v) is 10.8. The van der Waals surface area contributed by atoms with Crippen LogP contribution in [0.2, 0.25) is 0 Å². The van der Waals surface area contributed by atoms with E-state index in [0.29, 0.717) is 12.2 Å². The second-order valence-corrected chi connectivity index (χ2v) is 4.45. The number of imidazole rings is 1. The Bertz CT molecular complexity index is 542. The van der Waals surface area contributed by atoms with Crippen LogP contribution in [0.4, 0.5) is 0 Å². The first-order valence-corrected chi connectivity index (χ1v) is 5.83. The predicted molar refractivity (Wildman–Crippen MR) is 67.2 cm³/mol. The van der Waals surface area contributed by atoms with E-state index >= 15 is 0 Å². The molecular formula is C12H17N5O. The van der Waals surface area contributed by atoms with Gasteiger partial charge >= 0.3 is 0 Å². The molecule has 2 heterocycles. The highest BCUT2D eigenvalue weighted by molar-refractivity contribution is 5.92. The lowest BCUT2D eigenvalue weighted by Crippen LogP contribution is -2.30. The summed E-state index contributed by atoms with van der Waals surface area (Å²) >= 11 is 0. The molecule has 0 fully saturated rings. The molecule has 0 saturated heterocycles. The number of hydrogen-bond acceptors (Lipinski definition) is 3. The quantitative estimate of drug-likeness (QED) is 0.873. The topological polar surface area (TPSA) is 64.7 Å². The second kappa shape index (κ2) is 5.03. The van der Waals surface area contributed by atoms with E-state index in [1.807, 2.05) is 24.7 Å². The van der Waals surface area contributed by atoms with Crippen LogP contribution in [-0.4, -0.2) is 31.8 Å². The summed E-state index contributed by atoms with van der Waals surface area (Å²) < 4.78 is 3.54. The highest BCUT2D eigenvalue weighted by Crippen LogP contribution is 2.05. The van der Waals surface area contributed by atoms with Gasteiger partial charge in [0.25, 0.3) is 5.91 Å². The number of carbonyl (C=O) groups is 1. The minimum atomic E-state index is -0.120. The van der Waals surface area contributed by atoms with Crippen LogP contribution in [0.25, 0.3) is 0 Å². The van der Waals surface area contributed by atoms with Crippen molar-refractivity contribution >= 4 is 5.91 Å². The van der Waals surface area contributed by atoms with Gasteiger partial charge in [0.15, 0.2) is 0 Å². The van der Waals surface area contributed by atoms with Crippen LogP contribution in [0.1, 0.15) is 29.0 Å². The van der Waals surface area contributed by atoms with E-state index in [1.54, 1.807) is 30.3 Å². The van der Waals surface area contributed by atoms with Crippen molar-refractivity contribution in [2.45, 2.75) is 19.9 Å². The molecule has 1 amide bonds. The summed E-state index contributed by atoms with van der Waals surface area (Å²) in [6.45, 7) is 4.53. The van der Waals surface area contributed by atoms with Crippen LogP contribution in [0.5, 0.6) is 0 Å². The number of aryl methyl sites for hydroxylation is 2. The smallest absolute Gasteiger partial charge is 0.269 e. The fourth-order valence-electron chi connectivity index (χ4n) is 1.67. The van der Waals surface area contributed by atoms with E-state index in [9.17, 15) is 4.79 Å². The van der Waals surface area contributed by atoms with E-state index in [2.05, 4.69) is 15.4 Å². The molecule has 0 saturated carbocycles. The Kier molecular flexibility index (Phi) is 3.45. The third-order valence-electron chi connectivity index (χ3n) is 2.79. The third kappa shape index (κ3) is 2.58. The van der Waals surface area contributed by atoms with Crippen molar-refractivity contribution in [1.82, 2.24) is 24.6 Å². The Morgan fingerprint density at radius 3 is 2.83 bits per heavy atom. The van der Waals surface area contributed by atoms with Crippen LogP contribution >= 0.6 is 0 Å². The molecule has 18 heavy (non-hydrogen) atoms. The van der Waals surface area contributed by atoms with Gasteiger partial charge in [0.1, 0.15) is 5.69 Å². The summed E-state index contributed by atoms with van der Waals surface area (Å²) in [5, 5.41) is 7.09. The van der Waals surface area contributed by atoms with E-state index in [1.165, 1.54) is 0 Å². The first kappa shape index (κ1) is 12.3. The molecule has 1 atom stereocenters. The summed E-state index contributed by atoms with van der Waals surface area (Å²) in [5.74, 6) is -0.120. The molecule has 2 rings (SSSR count). The highest BCUT2D eigenvalue weighted by atomic mass is 16.1. The molecule has 0 radical (unpaired) electrons. The van der Waals surface area contributed by atoms with Gasteiger partial charge in [0, 0.05) is 19.8 Å². The maximum Gasteiger partial charge on any atom is 0.269 e. The Labute approximate surface area is 106 Å². The van der Waals surface area contributed by atoms with Crippen LogP contribution in [0.15, 0.2) is 24.9 Å². The molecule has 0 aliphatic carbocycles. The maximum absolute atomic E-state index is 11.9. The molecule has 0 aromatic carbocycles. The van der Waals surface area contributed by atoms with Gasteiger partial charge in [0.05, 0.1) is 24.8 Å². The van der Waals surface area contributed by atoms with Crippen molar-refractivity contribution in [2.75, 3.05) is 6.54 Å². The number of aromatic nitrogens is 4. The third-order valence-corrected chi connectivity index (χ3v) is 2.79. The summed E-state index contributed by atoms with van der Waals surface area (Å²) in [7, 11) is 1.79. The van der Waals surface area contributed by atoms with Crippen molar-refractivity contribution < 1.29 is 4.79 Å². The van der Waals surface area contributed by atoms with Crippen molar-refractivity contribution in [3.63, 3.8) is 0 Å². The fraction of sp³-hybridized carbons (Fsp3) is 0.417. The van der Waals surface area contributed by atoms with Gasteiger partial charge in [-0.15, -0.1) is 0 Å². The normalized spacial score (nSPS) is 12.4. The van der Waals surface area contributed by atoms with E-state index < -0.39 is 0 Å². The van der Waals surface area contributed by atoms with Crippen molar-refractivity contribution in [2.24, 2.45) is 7.05 Å². The van der Waals surface area contributed by atoms with Gasteiger partial charge in [-0.3, -0.25) is 9.48 Å². The molecule has 0 spiro atoms. The summed E-state index contributed by atoms with van der Waals surface area (Å²) in [6.07, 6.45) is 6.92.